The fraction of sp³-hybridized carbons (Fsp3) is 0.385. The zero-order valence-corrected chi connectivity index (χ0v) is 9.64. The highest BCUT2D eigenvalue weighted by Crippen LogP contribution is 2.34. The highest BCUT2D eigenvalue weighted by Gasteiger charge is 2.50. The highest BCUT2D eigenvalue weighted by atomic mass is 16.2. The van der Waals surface area contributed by atoms with Crippen molar-refractivity contribution in [2.24, 2.45) is 11.8 Å². The van der Waals surface area contributed by atoms with Gasteiger partial charge in [-0.25, -0.2) is 4.90 Å². The molecule has 17 heavy (non-hydrogen) atoms. The van der Waals surface area contributed by atoms with Crippen molar-refractivity contribution in [3.63, 3.8) is 0 Å². The standard InChI is InChI=1S/C13H14N2O2/c1-8-4-2-3-5-11(8)15-12(16)9-6-14-7-10(9)13(15)17/h2-5,9-10,14H,6-7H2,1H3/t9-,10-/m1/s1. The summed E-state index contributed by atoms with van der Waals surface area (Å²) in [7, 11) is 0. The number of imide groups is 1. The van der Waals surface area contributed by atoms with Crippen molar-refractivity contribution in [3.05, 3.63) is 29.8 Å². The Kier molecular flexibility index (Phi) is 2.26. The second-order valence-corrected chi connectivity index (χ2v) is 4.67. The van der Waals surface area contributed by atoms with Crippen molar-refractivity contribution in [2.45, 2.75) is 6.92 Å². The molecule has 4 nitrogen and oxygen atoms in total. The first-order valence-electron chi connectivity index (χ1n) is 5.84. The van der Waals surface area contributed by atoms with Crippen molar-refractivity contribution >= 4 is 17.5 Å². The number of para-hydroxylation sites is 1. The van der Waals surface area contributed by atoms with Crippen LogP contribution in [0.4, 0.5) is 5.69 Å². The monoisotopic (exact) mass is 230 g/mol. The van der Waals surface area contributed by atoms with Crippen LogP contribution < -0.4 is 10.2 Å². The summed E-state index contributed by atoms with van der Waals surface area (Å²) in [6, 6.07) is 7.52. The molecule has 0 radical (unpaired) electrons. The zero-order chi connectivity index (χ0) is 12.0. The molecular weight excluding hydrogens is 216 g/mol. The van der Waals surface area contributed by atoms with Crippen LogP contribution in [-0.4, -0.2) is 24.9 Å². The molecule has 0 unspecified atom stereocenters. The van der Waals surface area contributed by atoms with Crippen molar-refractivity contribution in [3.8, 4) is 0 Å². The SMILES string of the molecule is Cc1ccccc1N1C(=O)[C@@H]2CNC[C@H]2C1=O. The highest BCUT2D eigenvalue weighted by molar-refractivity contribution is 6.22. The maximum absolute atomic E-state index is 12.2. The van der Waals surface area contributed by atoms with Gasteiger partial charge < -0.3 is 5.32 Å². The van der Waals surface area contributed by atoms with Crippen molar-refractivity contribution in [1.82, 2.24) is 5.32 Å². The molecule has 0 saturated carbocycles. The summed E-state index contributed by atoms with van der Waals surface area (Å²) in [4.78, 5) is 25.8. The smallest absolute Gasteiger partial charge is 0.239 e. The van der Waals surface area contributed by atoms with E-state index in [1.54, 1.807) is 0 Å². The molecule has 2 fully saturated rings. The molecule has 1 N–H and O–H groups in total. The van der Waals surface area contributed by atoms with Crippen LogP contribution in [0.5, 0.6) is 0 Å². The Hall–Kier alpha value is -1.68. The zero-order valence-electron chi connectivity index (χ0n) is 9.64. The van der Waals surface area contributed by atoms with Gasteiger partial charge in [0.05, 0.1) is 17.5 Å². The first-order chi connectivity index (χ1) is 8.20. The third-order valence-electron chi connectivity index (χ3n) is 3.65. The second kappa shape index (κ2) is 3.67. The Morgan fingerprint density at radius 3 is 2.29 bits per heavy atom. The number of anilines is 1. The quantitative estimate of drug-likeness (QED) is 0.723. The topological polar surface area (TPSA) is 49.4 Å². The molecule has 2 heterocycles. The molecule has 2 aliphatic rings. The fourth-order valence-corrected chi connectivity index (χ4v) is 2.69. The lowest BCUT2D eigenvalue weighted by atomic mass is 10.00. The molecular formula is C13H14N2O2. The Labute approximate surface area is 99.6 Å². The van der Waals surface area contributed by atoms with Crippen LogP contribution in [0.3, 0.4) is 0 Å². The van der Waals surface area contributed by atoms with Crippen molar-refractivity contribution in [2.75, 3.05) is 18.0 Å². The summed E-state index contributed by atoms with van der Waals surface area (Å²) in [5.74, 6) is -0.442. The molecule has 1 aromatic rings. The van der Waals surface area contributed by atoms with Gasteiger partial charge in [-0.1, -0.05) is 18.2 Å². The number of aryl methyl sites for hydroxylation is 1. The van der Waals surface area contributed by atoms with Gasteiger partial charge in [0.1, 0.15) is 0 Å². The molecule has 0 aromatic heterocycles. The molecule has 4 heteroatoms. The minimum absolute atomic E-state index is 0.0562. The first-order valence-corrected chi connectivity index (χ1v) is 5.84. The number of nitrogens with one attached hydrogen (secondary N) is 1. The molecule has 88 valence electrons. The second-order valence-electron chi connectivity index (χ2n) is 4.67. The number of carbonyl (C=O) groups is 2. The van der Waals surface area contributed by atoms with Gasteiger partial charge in [0.2, 0.25) is 11.8 Å². The molecule has 2 aliphatic heterocycles. The lowest BCUT2D eigenvalue weighted by Crippen LogP contribution is -2.35. The van der Waals surface area contributed by atoms with E-state index in [1.165, 1.54) is 4.90 Å². The van der Waals surface area contributed by atoms with E-state index >= 15 is 0 Å². The van der Waals surface area contributed by atoms with Gasteiger partial charge in [-0.05, 0) is 18.6 Å². The van der Waals surface area contributed by atoms with Gasteiger partial charge in [-0.15, -0.1) is 0 Å². The summed E-state index contributed by atoms with van der Waals surface area (Å²) in [5.41, 5.74) is 1.69. The van der Waals surface area contributed by atoms with Crippen LogP contribution in [0.1, 0.15) is 5.56 Å². The van der Waals surface area contributed by atoms with Gasteiger partial charge >= 0.3 is 0 Å². The average molecular weight is 230 g/mol. The number of carbonyl (C=O) groups excluding carboxylic acids is 2. The summed E-state index contributed by atoms with van der Waals surface area (Å²) in [6.45, 7) is 3.16. The Bertz CT molecular complexity index is 476. The minimum Gasteiger partial charge on any atom is -0.315 e. The van der Waals surface area contributed by atoms with E-state index in [4.69, 9.17) is 0 Å². The predicted octanol–water partition coefficient (Wildman–Crippen LogP) is 0.704. The lowest BCUT2D eigenvalue weighted by Gasteiger charge is -2.18. The summed E-state index contributed by atoms with van der Waals surface area (Å²) < 4.78 is 0. The van der Waals surface area contributed by atoms with Gasteiger partial charge in [0.25, 0.3) is 0 Å². The van der Waals surface area contributed by atoms with Crippen LogP contribution in [0.2, 0.25) is 0 Å². The van der Waals surface area contributed by atoms with E-state index in [9.17, 15) is 9.59 Å². The number of nitrogens with zero attached hydrogens (tertiary/aromatic N) is 1. The first kappa shape index (κ1) is 10.5. The van der Waals surface area contributed by atoms with E-state index < -0.39 is 0 Å². The van der Waals surface area contributed by atoms with Gasteiger partial charge in [0, 0.05) is 13.1 Å². The number of amides is 2. The summed E-state index contributed by atoms with van der Waals surface area (Å²) in [5, 5.41) is 3.10. The van der Waals surface area contributed by atoms with Crippen molar-refractivity contribution in [1.29, 1.82) is 0 Å². The Balaban J connectivity index is 2.03. The molecule has 0 bridgehead atoms. The van der Waals surface area contributed by atoms with Gasteiger partial charge in [0.15, 0.2) is 0 Å². The molecule has 1 aromatic carbocycles. The lowest BCUT2D eigenvalue weighted by molar-refractivity contribution is -0.122. The number of fused-ring (bicyclic) bond motifs is 1. The van der Waals surface area contributed by atoms with E-state index in [2.05, 4.69) is 5.32 Å². The van der Waals surface area contributed by atoms with Crippen molar-refractivity contribution < 1.29 is 9.59 Å². The summed E-state index contributed by atoms with van der Waals surface area (Å²) >= 11 is 0. The molecule has 0 aliphatic carbocycles. The van der Waals surface area contributed by atoms with E-state index in [-0.39, 0.29) is 23.7 Å². The van der Waals surface area contributed by atoms with Crippen LogP contribution >= 0.6 is 0 Å². The van der Waals surface area contributed by atoms with Gasteiger partial charge in [-0.2, -0.15) is 0 Å². The molecule has 0 spiro atoms. The normalized spacial score (nSPS) is 27.7. The number of hydrogen-bond acceptors (Lipinski definition) is 3. The largest absolute Gasteiger partial charge is 0.315 e. The molecule has 2 saturated heterocycles. The van der Waals surface area contributed by atoms with E-state index in [0.29, 0.717) is 13.1 Å². The third kappa shape index (κ3) is 1.41. The summed E-state index contributed by atoms with van der Waals surface area (Å²) in [6.07, 6.45) is 0. The maximum Gasteiger partial charge on any atom is 0.239 e. The van der Waals surface area contributed by atoms with E-state index in [1.807, 2.05) is 31.2 Å². The fourth-order valence-electron chi connectivity index (χ4n) is 2.69. The third-order valence-corrected chi connectivity index (χ3v) is 3.65. The predicted molar refractivity (Wildman–Crippen MR) is 63.5 cm³/mol. The van der Waals surface area contributed by atoms with Crippen LogP contribution in [0.25, 0.3) is 0 Å². The molecule has 2 atom stereocenters. The number of hydrogen-bond donors (Lipinski definition) is 1. The van der Waals surface area contributed by atoms with E-state index in [0.717, 1.165) is 11.3 Å². The maximum atomic E-state index is 12.2. The Morgan fingerprint density at radius 2 is 1.71 bits per heavy atom. The molecule has 3 rings (SSSR count). The van der Waals surface area contributed by atoms with Gasteiger partial charge in [-0.3, -0.25) is 9.59 Å². The molecule has 2 amide bonds. The number of rotatable bonds is 1. The van der Waals surface area contributed by atoms with Crippen LogP contribution in [-0.2, 0) is 9.59 Å². The number of benzene rings is 1. The Morgan fingerprint density at radius 1 is 1.12 bits per heavy atom. The minimum atomic E-state index is -0.165. The average Bonchev–Trinajstić information content (AvgIpc) is 2.87. The van der Waals surface area contributed by atoms with Crippen LogP contribution in [0, 0.1) is 18.8 Å². The van der Waals surface area contributed by atoms with Crippen LogP contribution in [0.15, 0.2) is 24.3 Å².